The van der Waals surface area contributed by atoms with Gasteiger partial charge < -0.3 is 9.64 Å². The summed E-state index contributed by atoms with van der Waals surface area (Å²) in [5, 5.41) is 5.22. The summed E-state index contributed by atoms with van der Waals surface area (Å²) < 4.78 is 6.59. The van der Waals surface area contributed by atoms with Gasteiger partial charge in [0.1, 0.15) is 5.75 Å². The molecule has 3 aromatic rings. The minimum atomic E-state index is -0.124. The van der Waals surface area contributed by atoms with Crippen molar-refractivity contribution >= 4 is 21.4 Å². The van der Waals surface area contributed by atoms with Crippen molar-refractivity contribution in [2.45, 2.75) is 32.7 Å². The highest BCUT2D eigenvalue weighted by Crippen LogP contribution is 2.29. The van der Waals surface area contributed by atoms with E-state index in [0.29, 0.717) is 4.96 Å². The Morgan fingerprint density at radius 2 is 2.04 bits per heavy atom. The normalized spacial score (nSPS) is 12.3. The minimum absolute atomic E-state index is 0.109. The number of rotatable bonds is 6. The fourth-order valence-corrected chi connectivity index (χ4v) is 3.61. The Hall–Kier alpha value is -2.41. The number of nitrogens with zero attached hydrogens (tertiary/aromatic N) is 4. The molecule has 2 aromatic heterocycles. The molecule has 1 aromatic carbocycles. The molecular formula is C18H22N4O2S. The molecule has 0 aliphatic rings. The van der Waals surface area contributed by atoms with Gasteiger partial charge in [0.05, 0.1) is 13.2 Å². The number of benzene rings is 1. The van der Waals surface area contributed by atoms with Gasteiger partial charge in [-0.2, -0.15) is 4.52 Å². The molecule has 1 atom stereocenters. The van der Waals surface area contributed by atoms with E-state index in [4.69, 9.17) is 4.74 Å². The molecular weight excluding hydrogens is 336 g/mol. The maximum atomic E-state index is 12.3. The number of fused-ring (bicyclic) bond motifs is 1. The van der Waals surface area contributed by atoms with Crippen molar-refractivity contribution in [1.82, 2.24) is 14.6 Å². The second-order valence-corrected chi connectivity index (χ2v) is 6.91. The number of ether oxygens (including phenoxy) is 1. The molecule has 0 N–H and O–H groups in total. The Labute approximate surface area is 150 Å². The third-order valence-electron chi connectivity index (χ3n) is 4.27. The van der Waals surface area contributed by atoms with Gasteiger partial charge in [-0.05, 0) is 31.0 Å². The summed E-state index contributed by atoms with van der Waals surface area (Å²) in [5.41, 5.74) is 1.85. The zero-order valence-corrected chi connectivity index (χ0v) is 15.7. The second-order valence-electron chi connectivity index (χ2n) is 5.97. The van der Waals surface area contributed by atoms with Crippen LogP contribution in [0.25, 0.3) is 4.96 Å². The largest absolute Gasteiger partial charge is 0.497 e. The smallest absolute Gasteiger partial charge is 0.275 e. The summed E-state index contributed by atoms with van der Waals surface area (Å²) in [4.78, 5) is 19.5. The zero-order chi connectivity index (χ0) is 18.0. The maximum absolute atomic E-state index is 12.3. The van der Waals surface area contributed by atoms with Gasteiger partial charge in [-0.25, -0.2) is 4.98 Å². The lowest BCUT2D eigenvalue weighted by Crippen LogP contribution is -2.22. The van der Waals surface area contributed by atoms with Gasteiger partial charge in [-0.3, -0.25) is 4.79 Å². The maximum Gasteiger partial charge on any atom is 0.275 e. The Morgan fingerprint density at radius 3 is 2.68 bits per heavy atom. The lowest BCUT2D eigenvalue weighted by molar-refractivity contribution is 0.414. The fraction of sp³-hybridized carbons (Fsp3) is 0.389. The van der Waals surface area contributed by atoms with Crippen LogP contribution in [0.3, 0.4) is 0 Å². The van der Waals surface area contributed by atoms with Crippen LogP contribution >= 0.6 is 11.3 Å². The molecule has 1 unspecified atom stereocenters. The third-order valence-corrected chi connectivity index (χ3v) is 5.27. The topological polar surface area (TPSA) is 59.7 Å². The van der Waals surface area contributed by atoms with Gasteiger partial charge in [0, 0.05) is 18.8 Å². The summed E-state index contributed by atoms with van der Waals surface area (Å²) in [7, 11) is 3.63. The molecule has 0 bridgehead atoms. The molecule has 0 aliphatic heterocycles. The molecule has 7 heteroatoms. The molecule has 2 heterocycles. The predicted molar refractivity (Wildman–Crippen MR) is 101 cm³/mol. The van der Waals surface area contributed by atoms with Crippen LogP contribution in [0.2, 0.25) is 0 Å². The molecule has 0 aliphatic carbocycles. The number of hydrogen-bond donors (Lipinski definition) is 0. The molecule has 132 valence electrons. The van der Waals surface area contributed by atoms with E-state index < -0.39 is 0 Å². The van der Waals surface area contributed by atoms with Gasteiger partial charge in [-0.15, -0.1) is 5.10 Å². The molecule has 0 radical (unpaired) electrons. The first-order valence-electron chi connectivity index (χ1n) is 8.30. The van der Waals surface area contributed by atoms with Crippen molar-refractivity contribution in [1.29, 1.82) is 0 Å². The molecule has 0 saturated carbocycles. The molecule has 25 heavy (non-hydrogen) atoms. The van der Waals surface area contributed by atoms with Crippen LogP contribution in [0.4, 0.5) is 5.13 Å². The van der Waals surface area contributed by atoms with Gasteiger partial charge in [0.25, 0.3) is 5.56 Å². The minimum Gasteiger partial charge on any atom is -0.497 e. The van der Waals surface area contributed by atoms with Crippen molar-refractivity contribution in [2.75, 3.05) is 19.1 Å². The van der Waals surface area contributed by atoms with E-state index in [9.17, 15) is 4.79 Å². The number of aromatic nitrogens is 3. The van der Waals surface area contributed by atoms with Crippen LogP contribution in [-0.2, 0) is 6.42 Å². The average Bonchev–Trinajstić information content (AvgIpc) is 3.05. The van der Waals surface area contributed by atoms with Crippen molar-refractivity contribution in [3.8, 4) is 5.75 Å². The molecule has 0 saturated heterocycles. The van der Waals surface area contributed by atoms with E-state index in [1.807, 2.05) is 31.3 Å². The predicted octanol–water partition coefficient (Wildman–Crippen LogP) is 3.31. The van der Waals surface area contributed by atoms with Crippen LogP contribution in [0.5, 0.6) is 5.75 Å². The number of hydrogen-bond acceptors (Lipinski definition) is 6. The van der Waals surface area contributed by atoms with Crippen molar-refractivity contribution < 1.29 is 4.74 Å². The quantitative estimate of drug-likeness (QED) is 0.676. The lowest BCUT2D eigenvalue weighted by Gasteiger charge is -2.24. The highest BCUT2D eigenvalue weighted by molar-refractivity contribution is 7.20. The van der Waals surface area contributed by atoms with E-state index >= 15 is 0 Å². The number of methoxy groups -OCH3 is 1. The Morgan fingerprint density at radius 1 is 1.32 bits per heavy atom. The van der Waals surface area contributed by atoms with Crippen LogP contribution in [0.1, 0.15) is 37.6 Å². The first-order valence-corrected chi connectivity index (χ1v) is 9.11. The van der Waals surface area contributed by atoms with E-state index in [-0.39, 0.29) is 11.6 Å². The van der Waals surface area contributed by atoms with E-state index in [1.54, 1.807) is 13.2 Å². The van der Waals surface area contributed by atoms with Crippen LogP contribution < -0.4 is 15.2 Å². The van der Waals surface area contributed by atoms with Crippen LogP contribution in [0, 0.1) is 0 Å². The summed E-state index contributed by atoms with van der Waals surface area (Å²) in [5.74, 6) is 0.831. The molecule has 0 fully saturated rings. The Bertz CT molecular complexity index is 917. The molecule has 0 amide bonds. The number of anilines is 1. The van der Waals surface area contributed by atoms with Crippen molar-refractivity contribution in [2.24, 2.45) is 0 Å². The Kier molecular flexibility index (Phi) is 5.03. The van der Waals surface area contributed by atoms with Crippen molar-refractivity contribution in [3.05, 3.63) is 51.9 Å². The molecule has 0 spiro atoms. The van der Waals surface area contributed by atoms with Crippen LogP contribution in [-0.4, -0.2) is 28.8 Å². The first kappa shape index (κ1) is 17.4. The van der Waals surface area contributed by atoms with Gasteiger partial charge in [-0.1, -0.05) is 36.8 Å². The highest BCUT2D eigenvalue weighted by atomic mass is 32.1. The van der Waals surface area contributed by atoms with Crippen LogP contribution in [0.15, 0.2) is 35.1 Å². The summed E-state index contributed by atoms with van der Waals surface area (Å²) in [6, 6.07) is 9.65. The second kappa shape index (κ2) is 7.23. The van der Waals surface area contributed by atoms with Crippen molar-refractivity contribution in [3.63, 3.8) is 0 Å². The molecule has 6 nitrogen and oxygen atoms in total. The third kappa shape index (κ3) is 3.51. The van der Waals surface area contributed by atoms with Gasteiger partial charge >= 0.3 is 0 Å². The first-order chi connectivity index (χ1) is 12.0. The standard InChI is InChI=1S/C18H22N4O2S/c1-5-6-14-11-16(23)22-17(19-14)25-18(20-22)21(3)12(2)13-7-9-15(24-4)10-8-13/h7-12H,5-6H2,1-4H3. The monoisotopic (exact) mass is 358 g/mol. The lowest BCUT2D eigenvalue weighted by atomic mass is 10.1. The SMILES string of the molecule is CCCc1cc(=O)n2nc(N(C)C(C)c3ccc(OC)cc3)sc2n1. The van der Waals surface area contributed by atoms with E-state index in [1.165, 1.54) is 15.9 Å². The summed E-state index contributed by atoms with van der Waals surface area (Å²) in [6.45, 7) is 4.18. The average molecular weight is 358 g/mol. The van der Waals surface area contributed by atoms with E-state index in [2.05, 4.69) is 28.8 Å². The fourth-order valence-electron chi connectivity index (χ4n) is 2.64. The Balaban J connectivity index is 1.91. The van der Waals surface area contributed by atoms with Gasteiger partial charge in [0.2, 0.25) is 10.1 Å². The van der Waals surface area contributed by atoms with Gasteiger partial charge in [0.15, 0.2) is 0 Å². The van der Waals surface area contributed by atoms with E-state index in [0.717, 1.165) is 35.0 Å². The summed E-state index contributed by atoms with van der Waals surface area (Å²) in [6.07, 6.45) is 1.76. The number of aryl methyl sites for hydroxylation is 1. The molecule has 3 rings (SSSR count). The zero-order valence-electron chi connectivity index (χ0n) is 14.9. The summed E-state index contributed by atoms with van der Waals surface area (Å²) >= 11 is 1.43. The highest BCUT2D eigenvalue weighted by Gasteiger charge is 2.18.